The van der Waals surface area contributed by atoms with Crippen LogP contribution in [-0.4, -0.2) is 4.98 Å². The number of nitrogens with two attached hydrogens (primary N) is 1. The van der Waals surface area contributed by atoms with Crippen molar-refractivity contribution in [3.8, 4) is 5.88 Å². The van der Waals surface area contributed by atoms with E-state index >= 15 is 0 Å². The molecular weight excluding hydrogens is 304 g/mol. The number of hydrogen-bond donors (Lipinski definition) is 1. The minimum Gasteiger partial charge on any atom is -0.473 e. The maximum Gasteiger partial charge on any atom is 0.217 e. The molecule has 0 aliphatic heterocycles. The molecule has 0 unspecified atom stereocenters. The van der Waals surface area contributed by atoms with Gasteiger partial charge in [-0.1, -0.05) is 39.7 Å². The van der Waals surface area contributed by atoms with Gasteiger partial charge < -0.3 is 10.5 Å². The van der Waals surface area contributed by atoms with Crippen LogP contribution in [0.15, 0.2) is 40.9 Å². The van der Waals surface area contributed by atoms with Crippen molar-refractivity contribution in [3.05, 3.63) is 51.6 Å². The van der Waals surface area contributed by atoms with Crippen molar-refractivity contribution in [1.82, 2.24) is 4.98 Å². The first-order chi connectivity index (χ1) is 8.13. The van der Waals surface area contributed by atoms with Crippen LogP contribution in [0, 0.1) is 0 Å². The number of rotatable bonds is 3. The number of aromatic nitrogens is 1. The number of pyridine rings is 1. The van der Waals surface area contributed by atoms with Gasteiger partial charge >= 0.3 is 0 Å². The molecule has 0 fully saturated rings. The Kier molecular flexibility index (Phi) is 3.86. The highest BCUT2D eigenvalue weighted by Crippen LogP contribution is 2.19. The van der Waals surface area contributed by atoms with E-state index in [2.05, 4.69) is 20.9 Å². The summed E-state index contributed by atoms with van der Waals surface area (Å²) in [6.45, 7) is 0.431. The highest BCUT2D eigenvalue weighted by atomic mass is 79.9. The van der Waals surface area contributed by atoms with Crippen molar-refractivity contribution in [3.63, 3.8) is 0 Å². The molecule has 0 saturated heterocycles. The van der Waals surface area contributed by atoms with E-state index in [-0.39, 0.29) is 0 Å². The van der Waals surface area contributed by atoms with Gasteiger partial charge in [0.05, 0.1) is 0 Å². The van der Waals surface area contributed by atoms with Crippen molar-refractivity contribution in [2.75, 3.05) is 5.73 Å². The van der Waals surface area contributed by atoms with Crippen LogP contribution >= 0.6 is 27.5 Å². The molecule has 2 N–H and O–H groups in total. The Hall–Kier alpha value is -1.26. The Morgan fingerprint density at radius 1 is 1.24 bits per heavy atom. The lowest BCUT2D eigenvalue weighted by atomic mass is 10.2. The molecule has 0 aliphatic carbocycles. The Balaban J connectivity index is 2.04. The van der Waals surface area contributed by atoms with E-state index in [1.54, 1.807) is 12.1 Å². The molecule has 88 valence electrons. The summed E-state index contributed by atoms with van der Waals surface area (Å²) < 4.78 is 6.54. The Morgan fingerprint density at radius 2 is 1.94 bits per heavy atom. The third-order valence-electron chi connectivity index (χ3n) is 2.09. The van der Waals surface area contributed by atoms with Gasteiger partial charge in [-0.25, -0.2) is 4.98 Å². The van der Waals surface area contributed by atoms with Crippen molar-refractivity contribution < 1.29 is 4.74 Å². The zero-order chi connectivity index (χ0) is 12.3. The predicted molar refractivity (Wildman–Crippen MR) is 72.1 cm³/mol. The fourth-order valence-corrected chi connectivity index (χ4v) is 1.78. The first kappa shape index (κ1) is 12.2. The van der Waals surface area contributed by atoms with Gasteiger partial charge in [-0.2, -0.15) is 0 Å². The van der Waals surface area contributed by atoms with Crippen LogP contribution in [0.4, 0.5) is 5.69 Å². The van der Waals surface area contributed by atoms with Crippen molar-refractivity contribution in [2.24, 2.45) is 0 Å². The maximum absolute atomic E-state index is 5.78. The molecule has 17 heavy (non-hydrogen) atoms. The van der Waals surface area contributed by atoms with Crippen molar-refractivity contribution in [2.45, 2.75) is 6.61 Å². The van der Waals surface area contributed by atoms with Crippen LogP contribution < -0.4 is 10.5 Å². The molecule has 1 heterocycles. The summed E-state index contributed by atoms with van der Waals surface area (Å²) in [5, 5.41) is 0.329. The average molecular weight is 314 g/mol. The molecule has 5 heteroatoms. The third-order valence-corrected chi connectivity index (χ3v) is 2.82. The number of benzene rings is 1. The summed E-state index contributed by atoms with van der Waals surface area (Å²) in [5.41, 5.74) is 7.22. The Morgan fingerprint density at radius 3 is 2.59 bits per heavy atom. The molecule has 0 spiro atoms. The summed E-state index contributed by atoms with van der Waals surface area (Å²) in [5.74, 6) is 0.429. The summed E-state index contributed by atoms with van der Waals surface area (Å²) in [6.07, 6.45) is 0. The van der Waals surface area contributed by atoms with Gasteiger partial charge in [-0.05, 0) is 23.8 Å². The van der Waals surface area contributed by atoms with Crippen LogP contribution in [0.5, 0.6) is 5.88 Å². The number of nitrogen functional groups attached to an aromatic ring is 1. The van der Waals surface area contributed by atoms with Crippen LogP contribution in [-0.2, 0) is 6.61 Å². The molecule has 0 saturated carbocycles. The number of ether oxygens (including phenoxy) is 1. The van der Waals surface area contributed by atoms with Gasteiger partial charge in [0, 0.05) is 16.2 Å². The van der Waals surface area contributed by atoms with Gasteiger partial charge in [-0.3, -0.25) is 0 Å². The molecule has 3 nitrogen and oxygen atoms in total. The van der Waals surface area contributed by atoms with E-state index in [1.807, 2.05) is 24.3 Å². The Bertz CT molecular complexity index is 496. The van der Waals surface area contributed by atoms with Crippen LogP contribution in [0.1, 0.15) is 5.56 Å². The maximum atomic E-state index is 5.78. The lowest BCUT2D eigenvalue weighted by Crippen LogP contribution is -1.98. The molecule has 2 rings (SSSR count). The average Bonchev–Trinajstić information content (AvgIpc) is 2.27. The van der Waals surface area contributed by atoms with Gasteiger partial charge in [-0.15, -0.1) is 0 Å². The molecule has 0 bridgehead atoms. The molecule has 0 aliphatic rings. The SMILES string of the molecule is Nc1cc(Cl)nc(OCc2ccc(Br)cc2)c1. The van der Waals surface area contributed by atoms with E-state index < -0.39 is 0 Å². The predicted octanol–water partition coefficient (Wildman–Crippen LogP) is 3.66. The third kappa shape index (κ3) is 3.61. The highest BCUT2D eigenvalue weighted by Gasteiger charge is 2.01. The number of nitrogens with zero attached hydrogens (tertiary/aromatic N) is 1. The zero-order valence-electron chi connectivity index (χ0n) is 8.86. The quantitative estimate of drug-likeness (QED) is 0.880. The molecule has 1 aromatic heterocycles. The summed E-state index contributed by atoms with van der Waals surface area (Å²) in [7, 11) is 0. The van der Waals surface area contributed by atoms with E-state index in [9.17, 15) is 0 Å². The summed E-state index contributed by atoms with van der Waals surface area (Å²) in [6, 6.07) is 11.1. The smallest absolute Gasteiger partial charge is 0.217 e. The van der Waals surface area contributed by atoms with Crippen LogP contribution in [0.3, 0.4) is 0 Å². The first-order valence-corrected chi connectivity index (χ1v) is 6.11. The van der Waals surface area contributed by atoms with Gasteiger partial charge in [0.2, 0.25) is 5.88 Å². The van der Waals surface area contributed by atoms with E-state index in [0.29, 0.717) is 23.3 Å². The Labute approximate surface area is 113 Å². The van der Waals surface area contributed by atoms with Gasteiger partial charge in [0.25, 0.3) is 0 Å². The standard InChI is InChI=1S/C12H10BrClN2O/c13-9-3-1-8(2-4-9)7-17-12-6-10(15)5-11(14)16-12/h1-6H,7H2,(H2,15,16). The molecular formula is C12H10BrClN2O. The second-order valence-corrected chi connectivity index (χ2v) is 4.78. The monoisotopic (exact) mass is 312 g/mol. The van der Waals surface area contributed by atoms with Crippen LogP contribution in [0.2, 0.25) is 5.15 Å². The molecule has 2 aromatic rings. The first-order valence-electron chi connectivity index (χ1n) is 4.94. The molecule has 0 radical (unpaired) electrons. The minimum absolute atomic E-state index is 0.329. The second kappa shape index (κ2) is 5.38. The molecule has 1 aromatic carbocycles. The van der Waals surface area contributed by atoms with E-state index in [1.165, 1.54) is 0 Å². The zero-order valence-corrected chi connectivity index (χ0v) is 11.2. The van der Waals surface area contributed by atoms with Gasteiger partial charge in [0.15, 0.2) is 0 Å². The highest BCUT2D eigenvalue weighted by molar-refractivity contribution is 9.10. The van der Waals surface area contributed by atoms with E-state index in [0.717, 1.165) is 10.0 Å². The lowest BCUT2D eigenvalue weighted by Gasteiger charge is -2.06. The fourth-order valence-electron chi connectivity index (χ4n) is 1.30. The topological polar surface area (TPSA) is 48.1 Å². The largest absolute Gasteiger partial charge is 0.473 e. The molecule has 0 amide bonds. The summed E-state index contributed by atoms with van der Waals surface area (Å²) >= 11 is 9.15. The number of halogens is 2. The lowest BCUT2D eigenvalue weighted by molar-refractivity contribution is 0.294. The normalized spacial score (nSPS) is 10.2. The number of anilines is 1. The van der Waals surface area contributed by atoms with Crippen molar-refractivity contribution in [1.29, 1.82) is 0 Å². The molecule has 0 atom stereocenters. The van der Waals surface area contributed by atoms with E-state index in [4.69, 9.17) is 22.1 Å². The fraction of sp³-hybridized carbons (Fsp3) is 0.0833. The van der Waals surface area contributed by atoms with Crippen molar-refractivity contribution >= 4 is 33.2 Å². The second-order valence-electron chi connectivity index (χ2n) is 3.48. The summed E-state index contributed by atoms with van der Waals surface area (Å²) in [4.78, 5) is 4.02. The number of hydrogen-bond acceptors (Lipinski definition) is 3. The van der Waals surface area contributed by atoms with Gasteiger partial charge in [0.1, 0.15) is 11.8 Å². The van der Waals surface area contributed by atoms with Crippen LogP contribution in [0.25, 0.3) is 0 Å². The minimum atomic E-state index is 0.329.